The average molecular weight is 975 g/mol. The number of aliphatic hydroxyl groups excluding tert-OH is 1. The number of ether oxygens (including phenoxy) is 1. The summed E-state index contributed by atoms with van der Waals surface area (Å²) in [6.07, 6.45) is 1.13. The minimum Gasteiger partial charge on any atom is -0.508 e. The van der Waals surface area contributed by atoms with E-state index >= 15 is 0 Å². The summed E-state index contributed by atoms with van der Waals surface area (Å²) >= 11 is 4.24. The third-order valence-corrected chi connectivity index (χ3v) is 9.42. The first kappa shape index (κ1) is 45.4. The number of aliphatic carboxylic acids is 1. The molecule has 15 nitrogen and oxygen atoms in total. The molecule has 1 unspecified atom stereocenters. The minimum atomic E-state index is -3.81. The number of phenols is 1. The summed E-state index contributed by atoms with van der Waals surface area (Å²) < 4.78 is 31.5. The number of benzene rings is 2. The van der Waals surface area contributed by atoms with Crippen molar-refractivity contribution in [2.75, 3.05) is 19.3 Å². The highest BCUT2D eigenvalue weighted by Gasteiger charge is 2.45. The lowest BCUT2D eigenvalue weighted by Gasteiger charge is -2.34. The molecule has 52 heavy (non-hydrogen) atoms. The van der Waals surface area contributed by atoms with Crippen molar-refractivity contribution in [1.82, 2.24) is 20.7 Å². The maximum atomic E-state index is 13.6. The van der Waals surface area contributed by atoms with Gasteiger partial charge in [0.1, 0.15) is 24.4 Å². The largest absolute Gasteiger partial charge is 0.508 e. The number of amides is 3. The van der Waals surface area contributed by atoms with Crippen LogP contribution in [0.3, 0.4) is 0 Å². The normalized spacial score (nSPS) is 15.3. The zero-order chi connectivity index (χ0) is 38.7. The van der Waals surface area contributed by atoms with Gasteiger partial charge in [-0.1, -0.05) is 55.3 Å². The number of aromatic hydroxyl groups is 1. The van der Waals surface area contributed by atoms with Gasteiger partial charge in [0.25, 0.3) is 0 Å². The molecule has 0 bridgehead atoms. The molecule has 3 atom stereocenters. The SMILES string of the molecule is CS(=O)(=O)NC(CCCCNC(=O)OCc1ccccc1)C(=O)NC[C@H](CC1(C(=O)N[C@@H](Cc2ccc(O)cc2)C(=O)O)CCCC1)C(O)O.II. The molecular formula is C34H48I2N4O11S. The number of alkyl carbamates (subject to hydrolysis) is 1. The Balaban J connectivity index is 0.00000460. The van der Waals surface area contributed by atoms with Crippen LogP contribution in [-0.4, -0.2) is 90.4 Å². The van der Waals surface area contributed by atoms with E-state index in [0.29, 0.717) is 44.1 Å². The zero-order valence-corrected chi connectivity index (χ0v) is 33.9. The van der Waals surface area contributed by atoms with E-state index in [4.69, 9.17) is 4.74 Å². The van der Waals surface area contributed by atoms with Crippen molar-refractivity contribution in [3.63, 3.8) is 0 Å². The average Bonchev–Trinajstić information content (AvgIpc) is 3.59. The summed E-state index contributed by atoms with van der Waals surface area (Å²) in [6, 6.07) is 12.6. The van der Waals surface area contributed by atoms with Crippen molar-refractivity contribution < 1.29 is 52.8 Å². The summed E-state index contributed by atoms with van der Waals surface area (Å²) in [6.45, 7) is 0.0337. The Morgan fingerprint density at radius 2 is 1.54 bits per heavy atom. The van der Waals surface area contributed by atoms with Crippen LogP contribution in [0.2, 0.25) is 0 Å². The summed E-state index contributed by atoms with van der Waals surface area (Å²) in [4.78, 5) is 50.8. The lowest BCUT2D eigenvalue weighted by atomic mass is 9.76. The van der Waals surface area contributed by atoms with Gasteiger partial charge in [-0.05, 0) is 61.8 Å². The molecule has 2 aromatic carbocycles. The fourth-order valence-corrected chi connectivity index (χ4v) is 6.78. The number of unbranched alkanes of at least 4 members (excludes halogenated alkanes) is 1. The molecular weight excluding hydrogens is 926 g/mol. The zero-order valence-electron chi connectivity index (χ0n) is 28.8. The molecule has 2 aromatic rings. The van der Waals surface area contributed by atoms with Crippen LogP contribution >= 0.6 is 37.2 Å². The molecule has 1 saturated carbocycles. The first-order valence-electron chi connectivity index (χ1n) is 16.7. The van der Waals surface area contributed by atoms with Crippen molar-refractivity contribution >= 4 is 71.1 Å². The number of carboxylic acids is 1. The van der Waals surface area contributed by atoms with E-state index < -0.39 is 63.6 Å². The lowest BCUT2D eigenvalue weighted by Crippen LogP contribution is -2.51. The number of halogens is 2. The fourth-order valence-electron chi connectivity index (χ4n) is 6.03. The molecule has 1 aliphatic rings. The number of nitrogens with one attached hydrogen (secondary N) is 4. The highest BCUT2D eigenvalue weighted by molar-refractivity contribution is 15.0. The highest BCUT2D eigenvalue weighted by atomic mass is 128. The maximum absolute atomic E-state index is 13.6. The Morgan fingerprint density at radius 1 is 0.904 bits per heavy atom. The first-order chi connectivity index (χ1) is 24.7. The second-order valence-corrected chi connectivity index (χ2v) is 14.6. The quantitative estimate of drug-likeness (QED) is 0.0544. The van der Waals surface area contributed by atoms with Gasteiger partial charge in [0.15, 0.2) is 6.29 Å². The van der Waals surface area contributed by atoms with Gasteiger partial charge in [-0.25, -0.2) is 22.7 Å². The van der Waals surface area contributed by atoms with Gasteiger partial charge in [-0.15, -0.1) is 0 Å². The Kier molecular flexibility index (Phi) is 20.1. The number of carbonyl (C=O) groups excluding carboxylic acids is 3. The van der Waals surface area contributed by atoms with E-state index in [2.05, 4.69) is 57.9 Å². The molecule has 3 amide bonds. The van der Waals surface area contributed by atoms with Gasteiger partial charge < -0.3 is 41.1 Å². The van der Waals surface area contributed by atoms with Gasteiger partial charge in [0.2, 0.25) is 21.8 Å². The predicted molar refractivity (Wildman–Crippen MR) is 210 cm³/mol. The third-order valence-electron chi connectivity index (χ3n) is 8.71. The molecule has 0 aliphatic heterocycles. The summed E-state index contributed by atoms with van der Waals surface area (Å²) in [5.41, 5.74) is 0.286. The van der Waals surface area contributed by atoms with E-state index in [0.717, 1.165) is 11.8 Å². The number of aliphatic hydroxyl groups is 2. The third kappa shape index (κ3) is 16.5. The standard InChI is InChI=1S/C34H48N4O11S.I2/c1-50(47,48)38-27(11-5-8-18-35-33(46)49-22-24-9-3-2-4-10-24)29(40)36-21-25(30(41)42)20-34(16-6-7-17-34)32(45)37-28(31(43)44)19-23-12-14-26(39)15-13-23;1-2/h2-4,9-10,12-15,25,27-28,30,38-39,41-42H,5-8,11,16-22H2,1H3,(H,35,46)(H,36,40)(H,37,45)(H,43,44);/t25-,27?,28-;/m0./s1. The number of rotatable bonds is 20. The number of sulfonamides is 1. The monoisotopic (exact) mass is 974 g/mol. The molecule has 8 N–H and O–H groups in total. The van der Waals surface area contributed by atoms with E-state index in [1.165, 1.54) is 12.1 Å². The van der Waals surface area contributed by atoms with Crippen molar-refractivity contribution in [1.29, 1.82) is 0 Å². The molecule has 290 valence electrons. The molecule has 1 fully saturated rings. The number of carboxylic acid groups (broad SMARTS) is 1. The Hall–Kier alpha value is -2.79. The molecule has 3 rings (SSSR count). The van der Waals surface area contributed by atoms with Crippen molar-refractivity contribution in [2.45, 2.75) is 82.8 Å². The van der Waals surface area contributed by atoms with Crippen molar-refractivity contribution in [3.05, 3.63) is 65.7 Å². The molecule has 18 heteroatoms. The van der Waals surface area contributed by atoms with E-state index in [1.807, 2.05) is 30.3 Å². The van der Waals surface area contributed by atoms with Crippen LogP contribution in [0.15, 0.2) is 54.6 Å². The van der Waals surface area contributed by atoms with Crippen LogP contribution in [0.25, 0.3) is 0 Å². The van der Waals surface area contributed by atoms with Gasteiger partial charge >= 0.3 is 12.1 Å². The van der Waals surface area contributed by atoms with E-state index in [-0.39, 0.29) is 44.7 Å². The number of hydrogen-bond acceptors (Lipinski definition) is 10. The molecule has 1 aliphatic carbocycles. The molecule has 0 radical (unpaired) electrons. The fraction of sp³-hybridized carbons (Fsp3) is 0.529. The van der Waals surface area contributed by atoms with Gasteiger partial charge in [0, 0.05) is 68.1 Å². The Bertz CT molecular complexity index is 1530. The summed E-state index contributed by atoms with van der Waals surface area (Å²) in [5, 5.41) is 47.6. The molecule has 0 aromatic heterocycles. The molecule has 0 saturated heterocycles. The number of phenolic OH excluding ortho intramolecular Hbond substituents is 1. The van der Waals surface area contributed by atoms with Crippen molar-refractivity contribution in [3.8, 4) is 5.75 Å². The van der Waals surface area contributed by atoms with Crippen LogP contribution in [-0.2, 0) is 42.2 Å². The van der Waals surface area contributed by atoms with E-state index in [1.54, 1.807) is 12.1 Å². The molecule has 0 spiro atoms. The second kappa shape index (κ2) is 23.1. The van der Waals surface area contributed by atoms with Crippen LogP contribution in [0, 0.1) is 11.3 Å². The number of hydrogen-bond donors (Lipinski definition) is 8. The predicted octanol–water partition coefficient (Wildman–Crippen LogP) is 3.28. The maximum Gasteiger partial charge on any atom is 0.407 e. The topological polar surface area (TPSA) is 241 Å². The van der Waals surface area contributed by atoms with Crippen LogP contribution < -0.4 is 20.7 Å². The van der Waals surface area contributed by atoms with Crippen molar-refractivity contribution in [2.24, 2.45) is 11.3 Å². The van der Waals surface area contributed by atoms with E-state index in [9.17, 15) is 48.0 Å². The van der Waals surface area contributed by atoms with Crippen LogP contribution in [0.1, 0.15) is 62.5 Å². The number of carbonyl (C=O) groups is 4. The van der Waals surface area contributed by atoms with Crippen LogP contribution in [0.4, 0.5) is 4.79 Å². The summed E-state index contributed by atoms with van der Waals surface area (Å²) in [5.74, 6) is -3.53. The smallest absolute Gasteiger partial charge is 0.407 e. The summed E-state index contributed by atoms with van der Waals surface area (Å²) in [7, 11) is -3.81. The van der Waals surface area contributed by atoms with Gasteiger partial charge in [-0.3, -0.25) is 9.59 Å². The highest BCUT2D eigenvalue weighted by Crippen LogP contribution is 2.44. The Morgan fingerprint density at radius 3 is 2.12 bits per heavy atom. The minimum absolute atomic E-state index is 0.0138. The lowest BCUT2D eigenvalue weighted by molar-refractivity contribution is -0.145. The second-order valence-electron chi connectivity index (χ2n) is 12.8. The first-order valence-corrected chi connectivity index (χ1v) is 24.9. The van der Waals surface area contributed by atoms with Gasteiger partial charge in [-0.2, -0.15) is 0 Å². The van der Waals surface area contributed by atoms with Crippen LogP contribution in [0.5, 0.6) is 5.75 Å². The molecule has 0 heterocycles. The Labute approximate surface area is 327 Å². The van der Waals surface area contributed by atoms with Gasteiger partial charge in [0.05, 0.1) is 6.26 Å².